The molecule has 0 fully saturated rings. The Hall–Kier alpha value is -3.68. The van der Waals surface area contributed by atoms with Crippen molar-refractivity contribution < 1.29 is 19.8 Å². The number of amides is 1. The topological polar surface area (TPSA) is 122 Å². The number of carboxylic acid groups (broad SMARTS) is 1. The number of benzene rings is 1. The largest absolute Gasteiger partial charge is 0.506 e. The van der Waals surface area contributed by atoms with Gasteiger partial charge in [0.05, 0.1) is 5.39 Å². The lowest BCUT2D eigenvalue weighted by Gasteiger charge is -2.12. The molecule has 2 heterocycles. The van der Waals surface area contributed by atoms with Gasteiger partial charge in [0.1, 0.15) is 23.5 Å². The number of hydrogen-bond acceptors (Lipinski definition) is 5. The van der Waals surface area contributed by atoms with E-state index in [-0.39, 0.29) is 11.0 Å². The predicted molar refractivity (Wildman–Crippen MR) is 113 cm³/mol. The summed E-state index contributed by atoms with van der Waals surface area (Å²) in [5.41, 5.74) is 1.78. The molecule has 8 heteroatoms. The van der Waals surface area contributed by atoms with Crippen LogP contribution < -0.4 is 10.9 Å². The lowest BCUT2D eigenvalue weighted by atomic mass is 10.0. The molecule has 0 aliphatic rings. The van der Waals surface area contributed by atoms with Crippen molar-refractivity contribution in [1.29, 1.82) is 0 Å². The number of unbranched alkanes of at least 4 members (excludes halogenated alkanes) is 1. The highest BCUT2D eigenvalue weighted by molar-refractivity contribution is 6.03. The van der Waals surface area contributed by atoms with Crippen LogP contribution in [0.25, 0.3) is 22.2 Å². The summed E-state index contributed by atoms with van der Waals surface area (Å²) in [6.45, 7) is 1.48. The van der Waals surface area contributed by atoms with E-state index in [1.54, 1.807) is 12.3 Å². The van der Waals surface area contributed by atoms with Gasteiger partial charge in [0, 0.05) is 18.8 Å². The van der Waals surface area contributed by atoms with E-state index in [9.17, 15) is 19.5 Å². The molecule has 3 rings (SSSR count). The van der Waals surface area contributed by atoms with Gasteiger partial charge in [-0.25, -0.2) is 4.98 Å². The first-order valence-corrected chi connectivity index (χ1v) is 9.64. The Bertz CT molecular complexity index is 1170. The minimum atomic E-state index is -1.26. The van der Waals surface area contributed by atoms with Crippen molar-refractivity contribution in [2.45, 2.75) is 26.2 Å². The number of aryl methyl sites for hydroxylation is 2. The molecule has 156 valence electrons. The summed E-state index contributed by atoms with van der Waals surface area (Å²) in [6, 6.07) is 9.67. The average Bonchev–Trinajstić information content (AvgIpc) is 2.75. The maximum absolute atomic E-state index is 12.5. The molecule has 0 saturated carbocycles. The summed E-state index contributed by atoms with van der Waals surface area (Å²) in [4.78, 5) is 39.8. The van der Waals surface area contributed by atoms with Crippen molar-refractivity contribution >= 4 is 22.9 Å². The quantitative estimate of drug-likeness (QED) is 0.551. The number of carboxylic acids is 1. The lowest BCUT2D eigenvalue weighted by Crippen LogP contribution is -2.35. The third-order valence-corrected chi connectivity index (χ3v) is 4.93. The maximum atomic E-state index is 12.5. The van der Waals surface area contributed by atoms with Gasteiger partial charge in [0.15, 0.2) is 0 Å². The molecule has 2 aromatic heterocycles. The van der Waals surface area contributed by atoms with Gasteiger partial charge >= 0.3 is 5.97 Å². The van der Waals surface area contributed by atoms with Gasteiger partial charge in [-0.1, -0.05) is 37.6 Å². The van der Waals surface area contributed by atoms with Crippen LogP contribution in [-0.4, -0.2) is 38.2 Å². The first kappa shape index (κ1) is 21.0. The zero-order valence-corrected chi connectivity index (χ0v) is 16.8. The number of carbonyl (C=O) groups is 2. The number of aliphatic carboxylic acids is 1. The molecule has 0 aliphatic carbocycles. The van der Waals surface area contributed by atoms with E-state index in [1.807, 2.05) is 24.3 Å². The number of nitrogens with one attached hydrogen (secondary N) is 1. The Kier molecular flexibility index (Phi) is 6.15. The Balaban J connectivity index is 2.05. The zero-order valence-electron chi connectivity index (χ0n) is 16.8. The van der Waals surface area contributed by atoms with Gasteiger partial charge in [0.2, 0.25) is 0 Å². The molecule has 0 radical (unpaired) electrons. The van der Waals surface area contributed by atoms with Crippen molar-refractivity contribution in [1.82, 2.24) is 14.9 Å². The SMILES string of the molecule is CCCCc1ccc(-c2cnc3c(c2)c(O)c(C(=O)NCC(=O)O)c(=O)n3C)cc1. The number of nitrogens with zero attached hydrogens (tertiary/aromatic N) is 2. The lowest BCUT2D eigenvalue weighted by molar-refractivity contribution is -0.135. The average molecular weight is 409 g/mol. The normalized spacial score (nSPS) is 10.9. The highest BCUT2D eigenvalue weighted by Crippen LogP contribution is 2.29. The fourth-order valence-electron chi connectivity index (χ4n) is 3.25. The molecule has 3 aromatic rings. The second-order valence-electron chi connectivity index (χ2n) is 7.06. The van der Waals surface area contributed by atoms with E-state index in [0.717, 1.165) is 35.0 Å². The van der Waals surface area contributed by atoms with Crippen molar-refractivity contribution in [2.75, 3.05) is 6.54 Å². The molecule has 1 amide bonds. The third kappa shape index (κ3) is 4.17. The number of aromatic hydroxyl groups is 1. The molecular weight excluding hydrogens is 386 g/mol. The number of rotatable bonds is 7. The van der Waals surface area contributed by atoms with Gasteiger partial charge in [0.25, 0.3) is 11.5 Å². The van der Waals surface area contributed by atoms with Crippen LogP contribution >= 0.6 is 0 Å². The van der Waals surface area contributed by atoms with Gasteiger partial charge in [-0.3, -0.25) is 19.0 Å². The summed E-state index contributed by atoms with van der Waals surface area (Å²) in [6.07, 6.45) is 4.85. The highest BCUT2D eigenvalue weighted by Gasteiger charge is 2.22. The van der Waals surface area contributed by atoms with Crippen molar-refractivity contribution in [3.63, 3.8) is 0 Å². The van der Waals surface area contributed by atoms with E-state index in [1.165, 1.54) is 12.6 Å². The van der Waals surface area contributed by atoms with Crippen LogP contribution in [0.2, 0.25) is 0 Å². The van der Waals surface area contributed by atoms with Gasteiger partial charge in [-0.05, 0) is 30.0 Å². The standard InChI is InChI=1S/C22H23N3O5/c1-3-4-5-13-6-8-14(9-7-13)15-10-16-19(28)18(21(29)24-12-17(26)27)22(30)25(2)20(16)23-11-15/h6-11,28H,3-5,12H2,1-2H3,(H,24,29)(H,26,27). The summed E-state index contributed by atoms with van der Waals surface area (Å²) < 4.78 is 1.16. The molecule has 0 spiro atoms. The first-order valence-electron chi connectivity index (χ1n) is 9.64. The van der Waals surface area contributed by atoms with Crippen LogP contribution in [0.3, 0.4) is 0 Å². The fraction of sp³-hybridized carbons (Fsp3) is 0.273. The predicted octanol–water partition coefficient (Wildman–Crippen LogP) is 2.46. The number of pyridine rings is 2. The molecule has 0 atom stereocenters. The van der Waals surface area contributed by atoms with E-state index >= 15 is 0 Å². The van der Waals surface area contributed by atoms with Crippen molar-refractivity contribution in [3.8, 4) is 16.9 Å². The van der Waals surface area contributed by atoms with Crippen molar-refractivity contribution in [3.05, 3.63) is 58.0 Å². The number of fused-ring (bicyclic) bond motifs is 1. The summed E-state index contributed by atoms with van der Waals surface area (Å²) in [5.74, 6) is -2.74. The second-order valence-corrected chi connectivity index (χ2v) is 7.06. The summed E-state index contributed by atoms with van der Waals surface area (Å²) >= 11 is 0. The van der Waals surface area contributed by atoms with Crippen LogP contribution in [0.1, 0.15) is 35.7 Å². The Labute approximate surface area is 172 Å². The smallest absolute Gasteiger partial charge is 0.322 e. The maximum Gasteiger partial charge on any atom is 0.322 e. The monoisotopic (exact) mass is 409 g/mol. The first-order chi connectivity index (χ1) is 14.3. The second kappa shape index (κ2) is 8.77. The third-order valence-electron chi connectivity index (χ3n) is 4.93. The van der Waals surface area contributed by atoms with Gasteiger partial charge in [-0.2, -0.15) is 0 Å². The van der Waals surface area contributed by atoms with Crippen LogP contribution in [0, 0.1) is 0 Å². The summed E-state index contributed by atoms with van der Waals surface area (Å²) in [7, 11) is 1.44. The molecule has 0 unspecified atom stereocenters. The highest BCUT2D eigenvalue weighted by atomic mass is 16.4. The molecule has 1 aromatic carbocycles. The molecular formula is C22H23N3O5. The van der Waals surface area contributed by atoms with Gasteiger partial charge < -0.3 is 15.5 Å². The zero-order chi connectivity index (χ0) is 21.8. The number of aromatic nitrogens is 2. The van der Waals surface area contributed by atoms with Crippen LogP contribution in [0.5, 0.6) is 5.75 Å². The Morgan fingerprint density at radius 3 is 2.50 bits per heavy atom. The number of hydrogen-bond donors (Lipinski definition) is 3. The Morgan fingerprint density at radius 2 is 1.87 bits per heavy atom. The molecule has 0 aliphatic heterocycles. The molecule has 30 heavy (non-hydrogen) atoms. The minimum absolute atomic E-state index is 0.218. The van der Waals surface area contributed by atoms with Crippen molar-refractivity contribution in [2.24, 2.45) is 7.05 Å². The molecule has 8 nitrogen and oxygen atoms in total. The number of carbonyl (C=O) groups excluding carboxylic acids is 1. The molecule has 0 bridgehead atoms. The van der Waals surface area contributed by atoms with E-state index < -0.39 is 35.3 Å². The molecule has 0 saturated heterocycles. The minimum Gasteiger partial charge on any atom is -0.506 e. The van der Waals surface area contributed by atoms with E-state index in [2.05, 4.69) is 17.2 Å². The van der Waals surface area contributed by atoms with E-state index in [4.69, 9.17) is 5.11 Å². The molecule has 3 N–H and O–H groups in total. The Morgan fingerprint density at radius 1 is 1.17 bits per heavy atom. The van der Waals surface area contributed by atoms with Crippen LogP contribution in [0.15, 0.2) is 41.3 Å². The van der Waals surface area contributed by atoms with E-state index in [0.29, 0.717) is 0 Å². The van der Waals surface area contributed by atoms with Crippen LogP contribution in [-0.2, 0) is 18.3 Å². The van der Waals surface area contributed by atoms with Gasteiger partial charge in [-0.15, -0.1) is 0 Å². The summed E-state index contributed by atoms with van der Waals surface area (Å²) in [5, 5.41) is 21.7. The fourth-order valence-corrected chi connectivity index (χ4v) is 3.25. The van der Waals surface area contributed by atoms with Crippen LogP contribution in [0.4, 0.5) is 0 Å².